The summed E-state index contributed by atoms with van der Waals surface area (Å²) in [6.07, 6.45) is 2.44. The number of carbonyl (C=O) groups is 1. The van der Waals surface area contributed by atoms with Gasteiger partial charge >= 0.3 is 0 Å². The van der Waals surface area contributed by atoms with Gasteiger partial charge in [0.05, 0.1) is 18.1 Å². The summed E-state index contributed by atoms with van der Waals surface area (Å²) in [6.45, 7) is 0. The van der Waals surface area contributed by atoms with Crippen LogP contribution in [0.5, 0.6) is 0 Å². The number of benzene rings is 2. The van der Waals surface area contributed by atoms with Crippen LogP contribution in [0.2, 0.25) is 0 Å². The zero-order chi connectivity index (χ0) is 17.8. The van der Waals surface area contributed by atoms with E-state index in [0.29, 0.717) is 5.69 Å². The molecule has 0 saturated heterocycles. The predicted octanol–water partition coefficient (Wildman–Crippen LogP) is 3.89. The van der Waals surface area contributed by atoms with Crippen molar-refractivity contribution in [1.29, 1.82) is 0 Å². The number of hydrogen-bond donors (Lipinski definition) is 2. The molecular weight excluding hydrogens is 333 g/mol. The Morgan fingerprint density at radius 3 is 2.24 bits per heavy atom. The molecule has 1 aromatic heterocycles. The van der Waals surface area contributed by atoms with Crippen molar-refractivity contribution in [3.8, 4) is 0 Å². The third kappa shape index (κ3) is 4.11. The van der Waals surface area contributed by atoms with Gasteiger partial charge in [-0.15, -0.1) is 0 Å². The first-order chi connectivity index (χ1) is 12.0. The van der Waals surface area contributed by atoms with E-state index in [2.05, 4.69) is 20.6 Å². The van der Waals surface area contributed by atoms with Crippen LogP contribution >= 0.6 is 0 Å². The van der Waals surface area contributed by atoms with E-state index in [9.17, 15) is 18.0 Å². The van der Waals surface area contributed by atoms with Crippen LogP contribution in [0.25, 0.3) is 0 Å². The molecule has 0 atom stereocenters. The second kappa shape index (κ2) is 7.00. The minimum absolute atomic E-state index is 0.0226. The van der Waals surface area contributed by atoms with Gasteiger partial charge in [0.25, 0.3) is 5.91 Å². The zero-order valence-corrected chi connectivity index (χ0v) is 12.6. The van der Waals surface area contributed by atoms with Gasteiger partial charge in [-0.3, -0.25) is 4.79 Å². The van der Waals surface area contributed by atoms with Crippen LogP contribution < -0.4 is 10.6 Å². The largest absolute Gasteiger partial charge is 0.337 e. The van der Waals surface area contributed by atoms with E-state index in [1.807, 2.05) is 0 Å². The van der Waals surface area contributed by atoms with Crippen LogP contribution in [0.1, 0.15) is 10.5 Å². The number of nitrogens with one attached hydrogen (secondary N) is 2. The van der Waals surface area contributed by atoms with Crippen molar-refractivity contribution < 1.29 is 18.0 Å². The molecule has 8 heteroatoms. The molecule has 2 N–H and O–H groups in total. The minimum atomic E-state index is -0.778. The van der Waals surface area contributed by atoms with Gasteiger partial charge in [-0.25, -0.2) is 23.1 Å². The normalized spacial score (nSPS) is 10.4. The summed E-state index contributed by atoms with van der Waals surface area (Å²) in [4.78, 5) is 19.9. The van der Waals surface area contributed by atoms with Crippen LogP contribution in [0, 0.1) is 17.5 Å². The predicted molar refractivity (Wildman–Crippen MR) is 86.0 cm³/mol. The van der Waals surface area contributed by atoms with E-state index in [1.54, 1.807) is 0 Å². The summed E-state index contributed by atoms with van der Waals surface area (Å²) in [5, 5.41) is 5.17. The summed E-state index contributed by atoms with van der Waals surface area (Å²) in [7, 11) is 0. The van der Waals surface area contributed by atoms with Crippen molar-refractivity contribution in [3.63, 3.8) is 0 Å². The Kier molecular flexibility index (Phi) is 4.60. The van der Waals surface area contributed by atoms with Crippen LogP contribution in [-0.2, 0) is 0 Å². The fourth-order valence-electron chi connectivity index (χ4n) is 1.97. The Morgan fingerprint density at radius 1 is 0.880 bits per heavy atom. The van der Waals surface area contributed by atoms with Crippen LogP contribution in [0.15, 0.2) is 54.9 Å². The molecule has 2 aromatic carbocycles. The molecule has 0 aliphatic carbocycles. The standard InChI is InChI=1S/C17H11F3N4O/c18-10-1-4-12(5-2-10)23-17(25)15-8-22-16(9-21-15)24-14-6-3-11(19)7-13(14)20/h1-9H,(H,22,24)(H,23,25). The molecular formula is C17H11F3N4O. The molecule has 1 heterocycles. The van der Waals surface area contributed by atoms with E-state index in [-0.39, 0.29) is 17.2 Å². The minimum Gasteiger partial charge on any atom is -0.337 e. The van der Waals surface area contributed by atoms with Crippen molar-refractivity contribution >= 4 is 23.1 Å². The molecule has 3 aromatic rings. The zero-order valence-electron chi connectivity index (χ0n) is 12.6. The Balaban J connectivity index is 1.69. The number of hydrogen-bond acceptors (Lipinski definition) is 4. The molecule has 126 valence electrons. The lowest BCUT2D eigenvalue weighted by Gasteiger charge is -2.08. The molecule has 0 bridgehead atoms. The molecule has 0 radical (unpaired) electrons. The molecule has 0 unspecified atom stereocenters. The van der Waals surface area contributed by atoms with E-state index in [4.69, 9.17) is 0 Å². The third-order valence-electron chi connectivity index (χ3n) is 3.18. The van der Waals surface area contributed by atoms with Crippen molar-refractivity contribution in [1.82, 2.24) is 9.97 Å². The maximum Gasteiger partial charge on any atom is 0.275 e. The van der Waals surface area contributed by atoms with Gasteiger partial charge in [-0.05, 0) is 36.4 Å². The van der Waals surface area contributed by atoms with E-state index in [1.165, 1.54) is 42.7 Å². The molecule has 1 amide bonds. The van der Waals surface area contributed by atoms with Gasteiger partial charge in [-0.2, -0.15) is 0 Å². The topological polar surface area (TPSA) is 66.9 Å². The quantitative estimate of drug-likeness (QED) is 0.753. The Labute approximate surface area is 140 Å². The SMILES string of the molecule is O=C(Nc1ccc(F)cc1)c1cnc(Nc2ccc(F)cc2F)cn1. The molecule has 5 nitrogen and oxygen atoms in total. The Morgan fingerprint density at radius 2 is 1.60 bits per heavy atom. The number of amides is 1. The Hall–Kier alpha value is -3.42. The molecule has 25 heavy (non-hydrogen) atoms. The van der Waals surface area contributed by atoms with Gasteiger partial charge in [0, 0.05) is 11.8 Å². The summed E-state index contributed by atoms with van der Waals surface area (Å²) >= 11 is 0. The number of carbonyl (C=O) groups excluding carboxylic acids is 1. The monoisotopic (exact) mass is 344 g/mol. The second-order valence-electron chi connectivity index (χ2n) is 5.00. The maximum atomic E-state index is 13.6. The number of rotatable bonds is 4. The lowest BCUT2D eigenvalue weighted by Crippen LogP contribution is -2.14. The average molecular weight is 344 g/mol. The first-order valence-electron chi connectivity index (χ1n) is 7.12. The summed E-state index contributed by atoms with van der Waals surface area (Å²) in [5.74, 6) is -2.23. The lowest BCUT2D eigenvalue weighted by molar-refractivity contribution is 0.102. The number of anilines is 3. The van der Waals surface area contributed by atoms with Gasteiger partial charge in [0.1, 0.15) is 29.0 Å². The molecule has 0 aliphatic heterocycles. The van der Waals surface area contributed by atoms with Crippen LogP contribution in [0.4, 0.5) is 30.4 Å². The number of halogens is 3. The highest BCUT2D eigenvalue weighted by atomic mass is 19.1. The Bertz CT molecular complexity index is 899. The van der Waals surface area contributed by atoms with Gasteiger partial charge < -0.3 is 10.6 Å². The van der Waals surface area contributed by atoms with E-state index >= 15 is 0 Å². The first kappa shape index (κ1) is 16.4. The molecule has 0 aliphatic rings. The smallest absolute Gasteiger partial charge is 0.275 e. The van der Waals surface area contributed by atoms with Crippen molar-refractivity contribution in [3.05, 3.63) is 78.0 Å². The molecule has 0 spiro atoms. The number of aromatic nitrogens is 2. The summed E-state index contributed by atoms with van der Waals surface area (Å²) in [6, 6.07) is 8.31. The van der Waals surface area contributed by atoms with Crippen molar-refractivity contribution in [2.75, 3.05) is 10.6 Å². The van der Waals surface area contributed by atoms with Crippen LogP contribution in [0.3, 0.4) is 0 Å². The van der Waals surface area contributed by atoms with E-state index < -0.39 is 23.4 Å². The molecule has 3 rings (SSSR count). The van der Waals surface area contributed by atoms with Gasteiger partial charge in [0.15, 0.2) is 0 Å². The van der Waals surface area contributed by atoms with Crippen LogP contribution in [-0.4, -0.2) is 15.9 Å². The first-order valence-corrected chi connectivity index (χ1v) is 7.12. The highest BCUT2D eigenvalue weighted by molar-refractivity contribution is 6.02. The molecule has 0 saturated carbocycles. The highest BCUT2D eigenvalue weighted by Crippen LogP contribution is 2.19. The lowest BCUT2D eigenvalue weighted by atomic mass is 10.3. The van der Waals surface area contributed by atoms with Crippen molar-refractivity contribution in [2.24, 2.45) is 0 Å². The maximum absolute atomic E-state index is 13.6. The van der Waals surface area contributed by atoms with Gasteiger partial charge in [0.2, 0.25) is 0 Å². The average Bonchev–Trinajstić information content (AvgIpc) is 2.60. The fraction of sp³-hybridized carbons (Fsp3) is 0. The fourth-order valence-corrected chi connectivity index (χ4v) is 1.97. The molecule has 0 fully saturated rings. The summed E-state index contributed by atoms with van der Waals surface area (Å²) < 4.78 is 39.3. The summed E-state index contributed by atoms with van der Waals surface area (Å²) in [5.41, 5.74) is 0.456. The second-order valence-corrected chi connectivity index (χ2v) is 5.00. The third-order valence-corrected chi connectivity index (χ3v) is 3.18. The van der Waals surface area contributed by atoms with E-state index in [0.717, 1.165) is 12.1 Å². The number of nitrogens with zero attached hydrogens (tertiary/aromatic N) is 2. The van der Waals surface area contributed by atoms with Crippen molar-refractivity contribution in [2.45, 2.75) is 0 Å². The highest BCUT2D eigenvalue weighted by Gasteiger charge is 2.10. The van der Waals surface area contributed by atoms with Gasteiger partial charge in [-0.1, -0.05) is 0 Å².